The van der Waals surface area contributed by atoms with Crippen LogP contribution in [0.5, 0.6) is 0 Å². The molecule has 0 fully saturated rings. The zero-order valence-corrected chi connectivity index (χ0v) is 12.9. The highest BCUT2D eigenvalue weighted by atomic mass is 79.9. The van der Waals surface area contributed by atoms with E-state index in [4.69, 9.17) is 5.26 Å². The summed E-state index contributed by atoms with van der Waals surface area (Å²) in [6.07, 6.45) is 2.36. The molecule has 0 saturated heterocycles. The van der Waals surface area contributed by atoms with Crippen LogP contribution in [-0.4, -0.2) is 16.5 Å². The fourth-order valence-corrected chi connectivity index (χ4v) is 2.08. The molecule has 1 heterocycles. The van der Waals surface area contributed by atoms with Crippen LogP contribution < -0.4 is 10.6 Å². The first kappa shape index (κ1) is 15.2. The number of hydrogen-bond acceptors (Lipinski definition) is 5. The molecule has 0 saturated carbocycles. The standard InChI is InChI=1S/C14H13BrFN5/c1-2-5-18-13-12(15)14(20-8-19-13)21-11-4-3-9(7-17)6-10(11)16/h3-4,6,8H,2,5H2,1H3,(H2,18,19,20,21). The van der Waals surface area contributed by atoms with Crippen LogP contribution in [0.15, 0.2) is 29.0 Å². The van der Waals surface area contributed by atoms with Crippen molar-refractivity contribution in [2.45, 2.75) is 13.3 Å². The molecule has 0 atom stereocenters. The first-order chi connectivity index (χ1) is 10.2. The fraction of sp³-hybridized carbons (Fsp3) is 0.214. The van der Waals surface area contributed by atoms with E-state index in [-0.39, 0.29) is 11.3 Å². The summed E-state index contributed by atoms with van der Waals surface area (Å²) in [5.41, 5.74) is 0.514. The van der Waals surface area contributed by atoms with E-state index in [2.05, 4.69) is 36.5 Å². The molecule has 0 aliphatic carbocycles. The van der Waals surface area contributed by atoms with E-state index in [1.807, 2.05) is 13.0 Å². The van der Waals surface area contributed by atoms with Crippen molar-refractivity contribution in [3.63, 3.8) is 0 Å². The molecule has 1 aromatic carbocycles. The SMILES string of the molecule is CCCNc1ncnc(Nc2ccc(C#N)cc2F)c1Br. The molecule has 5 nitrogen and oxygen atoms in total. The Morgan fingerprint density at radius 3 is 2.76 bits per heavy atom. The molecule has 0 unspecified atom stereocenters. The van der Waals surface area contributed by atoms with Crippen molar-refractivity contribution < 1.29 is 4.39 Å². The number of hydrogen-bond donors (Lipinski definition) is 2. The molecule has 0 aliphatic rings. The number of anilines is 3. The van der Waals surface area contributed by atoms with Gasteiger partial charge in [-0.25, -0.2) is 14.4 Å². The van der Waals surface area contributed by atoms with Crippen molar-refractivity contribution in [2.24, 2.45) is 0 Å². The average molecular weight is 350 g/mol. The van der Waals surface area contributed by atoms with E-state index in [1.54, 1.807) is 0 Å². The predicted molar refractivity (Wildman–Crippen MR) is 82.9 cm³/mol. The summed E-state index contributed by atoms with van der Waals surface area (Å²) in [5, 5.41) is 14.8. The molecule has 2 rings (SSSR count). The molecule has 2 aromatic rings. The number of nitrogens with one attached hydrogen (secondary N) is 2. The molecule has 0 radical (unpaired) electrons. The minimum absolute atomic E-state index is 0.245. The maximum Gasteiger partial charge on any atom is 0.150 e. The van der Waals surface area contributed by atoms with Gasteiger partial charge in [0.2, 0.25) is 0 Å². The smallest absolute Gasteiger partial charge is 0.150 e. The normalized spacial score (nSPS) is 10.0. The summed E-state index contributed by atoms with van der Waals surface area (Å²) in [6.45, 7) is 2.83. The Kier molecular flexibility index (Phi) is 5.06. The van der Waals surface area contributed by atoms with Gasteiger partial charge in [-0.2, -0.15) is 5.26 Å². The van der Waals surface area contributed by atoms with Gasteiger partial charge in [0.15, 0.2) is 0 Å². The largest absolute Gasteiger partial charge is 0.369 e. The lowest BCUT2D eigenvalue weighted by atomic mass is 10.2. The van der Waals surface area contributed by atoms with Crippen LogP contribution in [0.4, 0.5) is 21.7 Å². The Morgan fingerprint density at radius 2 is 2.10 bits per heavy atom. The van der Waals surface area contributed by atoms with Crippen LogP contribution in [0.3, 0.4) is 0 Å². The average Bonchev–Trinajstić information content (AvgIpc) is 2.50. The quantitative estimate of drug-likeness (QED) is 0.858. The third-order valence-electron chi connectivity index (χ3n) is 2.68. The van der Waals surface area contributed by atoms with E-state index >= 15 is 0 Å². The predicted octanol–water partition coefficient (Wildman–Crippen LogP) is 3.82. The third kappa shape index (κ3) is 3.67. The second-order valence-corrected chi connectivity index (χ2v) is 5.04. The Bertz CT molecular complexity index is 684. The van der Waals surface area contributed by atoms with Gasteiger partial charge in [-0.15, -0.1) is 0 Å². The lowest BCUT2D eigenvalue weighted by molar-refractivity contribution is 0.631. The van der Waals surface area contributed by atoms with E-state index < -0.39 is 5.82 Å². The first-order valence-corrected chi connectivity index (χ1v) is 7.16. The van der Waals surface area contributed by atoms with E-state index in [0.717, 1.165) is 13.0 Å². The summed E-state index contributed by atoms with van der Waals surface area (Å²) < 4.78 is 14.5. The molecule has 21 heavy (non-hydrogen) atoms. The van der Waals surface area contributed by atoms with Crippen LogP contribution in [-0.2, 0) is 0 Å². The fourth-order valence-electron chi connectivity index (χ4n) is 1.64. The monoisotopic (exact) mass is 349 g/mol. The van der Waals surface area contributed by atoms with Gasteiger partial charge in [-0.05, 0) is 40.5 Å². The van der Waals surface area contributed by atoms with Gasteiger partial charge in [0.25, 0.3) is 0 Å². The molecule has 7 heteroatoms. The number of rotatable bonds is 5. The van der Waals surface area contributed by atoms with Crippen LogP contribution in [0.1, 0.15) is 18.9 Å². The van der Waals surface area contributed by atoms with Gasteiger partial charge in [0.05, 0.1) is 17.3 Å². The topological polar surface area (TPSA) is 73.6 Å². The Balaban J connectivity index is 2.26. The first-order valence-electron chi connectivity index (χ1n) is 6.36. The van der Waals surface area contributed by atoms with E-state index in [9.17, 15) is 4.39 Å². The summed E-state index contributed by atoms with van der Waals surface area (Å²) in [5.74, 6) is 0.582. The second-order valence-electron chi connectivity index (χ2n) is 4.24. The van der Waals surface area contributed by atoms with Crippen molar-refractivity contribution >= 4 is 33.3 Å². The molecule has 2 N–H and O–H groups in total. The van der Waals surface area contributed by atoms with Crippen molar-refractivity contribution in [1.82, 2.24) is 9.97 Å². The van der Waals surface area contributed by atoms with E-state index in [1.165, 1.54) is 24.5 Å². The van der Waals surface area contributed by atoms with Crippen molar-refractivity contribution in [3.8, 4) is 6.07 Å². The second kappa shape index (κ2) is 6.99. The highest BCUT2D eigenvalue weighted by molar-refractivity contribution is 9.10. The molecule has 0 bridgehead atoms. The summed E-state index contributed by atoms with van der Waals surface area (Å²) in [6, 6.07) is 6.10. The third-order valence-corrected chi connectivity index (χ3v) is 3.43. The summed E-state index contributed by atoms with van der Waals surface area (Å²) in [7, 11) is 0. The molecule has 108 valence electrons. The van der Waals surface area contributed by atoms with Crippen LogP contribution in [0.25, 0.3) is 0 Å². The zero-order chi connectivity index (χ0) is 15.2. The lowest BCUT2D eigenvalue weighted by Gasteiger charge is -2.11. The molecular weight excluding hydrogens is 337 g/mol. The minimum Gasteiger partial charge on any atom is -0.369 e. The maximum absolute atomic E-state index is 13.9. The minimum atomic E-state index is -0.511. The summed E-state index contributed by atoms with van der Waals surface area (Å²) >= 11 is 3.40. The van der Waals surface area contributed by atoms with Crippen molar-refractivity contribution in [3.05, 3.63) is 40.4 Å². The number of aromatic nitrogens is 2. The van der Waals surface area contributed by atoms with Gasteiger partial charge < -0.3 is 10.6 Å². The Morgan fingerprint density at radius 1 is 1.33 bits per heavy atom. The van der Waals surface area contributed by atoms with Crippen molar-refractivity contribution in [2.75, 3.05) is 17.2 Å². The molecule has 0 amide bonds. The highest BCUT2D eigenvalue weighted by Gasteiger charge is 2.11. The molecule has 0 spiro atoms. The molecule has 0 aliphatic heterocycles. The van der Waals surface area contributed by atoms with Crippen LogP contribution in [0.2, 0.25) is 0 Å². The number of halogens is 2. The van der Waals surface area contributed by atoms with Gasteiger partial charge in [-0.1, -0.05) is 6.92 Å². The summed E-state index contributed by atoms with van der Waals surface area (Å²) in [4.78, 5) is 8.21. The van der Waals surface area contributed by atoms with Crippen LogP contribution in [0, 0.1) is 17.1 Å². The Hall–Kier alpha value is -2.20. The van der Waals surface area contributed by atoms with Crippen LogP contribution >= 0.6 is 15.9 Å². The Labute approximate surface area is 130 Å². The zero-order valence-electron chi connectivity index (χ0n) is 11.3. The lowest BCUT2D eigenvalue weighted by Crippen LogP contribution is -2.05. The van der Waals surface area contributed by atoms with Gasteiger partial charge in [0, 0.05) is 6.54 Å². The number of benzene rings is 1. The number of nitriles is 1. The van der Waals surface area contributed by atoms with Crippen molar-refractivity contribution in [1.29, 1.82) is 5.26 Å². The number of nitrogens with zero attached hydrogens (tertiary/aromatic N) is 3. The van der Waals surface area contributed by atoms with E-state index in [0.29, 0.717) is 16.1 Å². The van der Waals surface area contributed by atoms with Gasteiger partial charge in [0.1, 0.15) is 28.3 Å². The highest BCUT2D eigenvalue weighted by Crippen LogP contribution is 2.29. The van der Waals surface area contributed by atoms with Gasteiger partial charge in [-0.3, -0.25) is 0 Å². The van der Waals surface area contributed by atoms with Gasteiger partial charge >= 0.3 is 0 Å². The molecule has 1 aromatic heterocycles. The maximum atomic E-state index is 13.9. The molecular formula is C14H13BrFN5.